The first-order valence-corrected chi connectivity index (χ1v) is 6.51. The van der Waals surface area contributed by atoms with Crippen LogP contribution >= 0.6 is 0 Å². The molecule has 3 rings (SSSR count). The maximum Gasteiger partial charge on any atom is 0.230 e. The largest absolute Gasteiger partial charge is 0.424 e. The Labute approximate surface area is 102 Å². The molecule has 3 heterocycles. The van der Waals surface area contributed by atoms with Crippen LogP contribution in [0.3, 0.4) is 0 Å². The summed E-state index contributed by atoms with van der Waals surface area (Å²) in [5.41, 5.74) is 0. The van der Waals surface area contributed by atoms with Crippen LogP contribution in [-0.4, -0.2) is 40.8 Å². The molecule has 17 heavy (non-hydrogen) atoms. The maximum absolute atomic E-state index is 5.48. The van der Waals surface area contributed by atoms with E-state index >= 15 is 0 Å². The molecule has 94 valence electrons. The molecule has 1 aromatic heterocycles. The van der Waals surface area contributed by atoms with Gasteiger partial charge in [0, 0.05) is 19.5 Å². The predicted molar refractivity (Wildman–Crippen MR) is 63.4 cm³/mol. The molecule has 1 aromatic rings. The second-order valence-corrected chi connectivity index (χ2v) is 5.20. The first-order chi connectivity index (χ1) is 8.28. The van der Waals surface area contributed by atoms with E-state index in [0.717, 1.165) is 30.8 Å². The van der Waals surface area contributed by atoms with Gasteiger partial charge in [0.25, 0.3) is 0 Å². The Morgan fingerprint density at radius 3 is 3.00 bits per heavy atom. The summed E-state index contributed by atoms with van der Waals surface area (Å²) in [6, 6.07) is 0.669. The number of nitrogens with one attached hydrogen (secondary N) is 1. The van der Waals surface area contributed by atoms with Crippen molar-refractivity contribution < 1.29 is 4.42 Å². The van der Waals surface area contributed by atoms with E-state index in [2.05, 4.69) is 27.3 Å². The highest BCUT2D eigenvalue weighted by Crippen LogP contribution is 2.34. The van der Waals surface area contributed by atoms with Gasteiger partial charge in [-0.15, -0.1) is 10.2 Å². The standard InChI is InChI=1S/C12H20N4O/c1-3-11-10-5-13-4-9(10)6-16(11)7-12-15-14-8(2)17-12/h9-11,13H,3-7H2,1-2H3. The first-order valence-electron chi connectivity index (χ1n) is 6.51. The van der Waals surface area contributed by atoms with Gasteiger partial charge in [0.15, 0.2) is 0 Å². The Hall–Kier alpha value is -0.940. The molecule has 2 fully saturated rings. The molecule has 0 aromatic carbocycles. The molecule has 0 saturated carbocycles. The van der Waals surface area contributed by atoms with Crippen LogP contribution in [0, 0.1) is 18.8 Å². The molecule has 0 aliphatic carbocycles. The molecule has 5 heteroatoms. The molecular formula is C12H20N4O. The van der Waals surface area contributed by atoms with Gasteiger partial charge in [-0.05, 0) is 31.3 Å². The molecule has 2 saturated heterocycles. The molecule has 0 radical (unpaired) electrons. The number of rotatable bonds is 3. The number of nitrogens with zero attached hydrogens (tertiary/aromatic N) is 3. The highest BCUT2D eigenvalue weighted by molar-refractivity contribution is 4.98. The number of aryl methyl sites for hydroxylation is 1. The second kappa shape index (κ2) is 4.38. The van der Waals surface area contributed by atoms with Crippen molar-refractivity contribution in [3.05, 3.63) is 11.8 Å². The molecule has 3 unspecified atom stereocenters. The van der Waals surface area contributed by atoms with Crippen LogP contribution in [-0.2, 0) is 6.54 Å². The van der Waals surface area contributed by atoms with Crippen LogP contribution in [0.5, 0.6) is 0 Å². The van der Waals surface area contributed by atoms with Crippen molar-refractivity contribution in [2.75, 3.05) is 19.6 Å². The van der Waals surface area contributed by atoms with E-state index < -0.39 is 0 Å². The molecule has 2 aliphatic heterocycles. The topological polar surface area (TPSA) is 54.2 Å². The number of aromatic nitrogens is 2. The van der Waals surface area contributed by atoms with E-state index in [0.29, 0.717) is 11.9 Å². The highest BCUT2D eigenvalue weighted by atomic mass is 16.4. The summed E-state index contributed by atoms with van der Waals surface area (Å²) < 4.78 is 5.48. The lowest BCUT2D eigenvalue weighted by Gasteiger charge is -2.25. The van der Waals surface area contributed by atoms with Crippen molar-refractivity contribution >= 4 is 0 Å². The SMILES string of the molecule is CCC1C2CNCC2CN1Cc1nnc(C)o1. The first kappa shape index (κ1) is 11.2. The third-order valence-corrected chi connectivity index (χ3v) is 4.15. The average Bonchev–Trinajstić information content (AvgIpc) is 2.95. The zero-order valence-corrected chi connectivity index (χ0v) is 10.5. The van der Waals surface area contributed by atoms with E-state index in [-0.39, 0.29) is 0 Å². The fourth-order valence-electron chi connectivity index (χ4n) is 3.43. The van der Waals surface area contributed by atoms with Crippen LogP contribution in [0.25, 0.3) is 0 Å². The van der Waals surface area contributed by atoms with E-state index in [9.17, 15) is 0 Å². The Bertz CT molecular complexity index is 392. The lowest BCUT2D eigenvalue weighted by Crippen LogP contribution is -2.34. The molecular weight excluding hydrogens is 216 g/mol. The van der Waals surface area contributed by atoms with Crippen molar-refractivity contribution in [3.63, 3.8) is 0 Å². The molecule has 0 bridgehead atoms. The predicted octanol–water partition coefficient (Wildman–Crippen LogP) is 0.808. The smallest absolute Gasteiger partial charge is 0.230 e. The minimum absolute atomic E-state index is 0.661. The van der Waals surface area contributed by atoms with Gasteiger partial charge in [0.05, 0.1) is 6.54 Å². The van der Waals surface area contributed by atoms with Crippen LogP contribution in [0.1, 0.15) is 25.1 Å². The zero-order valence-electron chi connectivity index (χ0n) is 10.5. The third kappa shape index (κ3) is 1.98. The van der Waals surface area contributed by atoms with Gasteiger partial charge in [-0.2, -0.15) is 0 Å². The summed E-state index contributed by atoms with van der Waals surface area (Å²) in [5.74, 6) is 3.04. The fourth-order valence-corrected chi connectivity index (χ4v) is 3.43. The zero-order chi connectivity index (χ0) is 11.8. The van der Waals surface area contributed by atoms with Crippen molar-refractivity contribution in [1.82, 2.24) is 20.4 Å². The quantitative estimate of drug-likeness (QED) is 0.841. The molecule has 1 N–H and O–H groups in total. The van der Waals surface area contributed by atoms with E-state index in [1.165, 1.54) is 19.5 Å². The van der Waals surface area contributed by atoms with Gasteiger partial charge in [-0.1, -0.05) is 6.92 Å². The van der Waals surface area contributed by atoms with Crippen LogP contribution in [0.2, 0.25) is 0 Å². The van der Waals surface area contributed by atoms with Crippen molar-refractivity contribution in [2.45, 2.75) is 32.9 Å². The summed E-state index contributed by atoms with van der Waals surface area (Å²) in [6.45, 7) is 8.43. The van der Waals surface area contributed by atoms with Gasteiger partial charge < -0.3 is 9.73 Å². The van der Waals surface area contributed by atoms with E-state index in [4.69, 9.17) is 4.42 Å². The van der Waals surface area contributed by atoms with Crippen LogP contribution in [0.4, 0.5) is 0 Å². The van der Waals surface area contributed by atoms with Gasteiger partial charge >= 0.3 is 0 Å². The number of hydrogen-bond acceptors (Lipinski definition) is 5. The summed E-state index contributed by atoms with van der Waals surface area (Å²) in [6.07, 6.45) is 1.20. The summed E-state index contributed by atoms with van der Waals surface area (Å²) in [7, 11) is 0. The second-order valence-electron chi connectivity index (χ2n) is 5.20. The summed E-state index contributed by atoms with van der Waals surface area (Å²) >= 11 is 0. The number of hydrogen-bond donors (Lipinski definition) is 1. The monoisotopic (exact) mass is 236 g/mol. The molecule has 2 aliphatic rings. The van der Waals surface area contributed by atoms with Gasteiger partial charge in [-0.25, -0.2) is 0 Å². The van der Waals surface area contributed by atoms with Gasteiger partial charge in [0.1, 0.15) is 0 Å². The normalized spacial score (nSPS) is 33.2. The number of fused-ring (bicyclic) bond motifs is 1. The van der Waals surface area contributed by atoms with Gasteiger partial charge in [0.2, 0.25) is 11.8 Å². The summed E-state index contributed by atoms with van der Waals surface area (Å²) in [5, 5.41) is 11.5. The van der Waals surface area contributed by atoms with Gasteiger partial charge in [-0.3, -0.25) is 4.90 Å². The van der Waals surface area contributed by atoms with Crippen molar-refractivity contribution in [3.8, 4) is 0 Å². The Morgan fingerprint density at radius 2 is 2.29 bits per heavy atom. The van der Waals surface area contributed by atoms with Crippen LogP contribution < -0.4 is 5.32 Å². The molecule has 0 amide bonds. The van der Waals surface area contributed by atoms with E-state index in [1.807, 2.05) is 6.92 Å². The lowest BCUT2D eigenvalue weighted by molar-refractivity contribution is 0.191. The Balaban J connectivity index is 1.71. The Kier molecular flexibility index (Phi) is 2.88. The fraction of sp³-hybridized carbons (Fsp3) is 0.833. The average molecular weight is 236 g/mol. The lowest BCUT2D eigenvalue weighted by atomic mass is 9.93. The molecule has 3 atom stereocenters. The van der Waals surface area contributed by atoms with Crippen molar-refractivity contribution in [2.24, 2.45) is 11.8 Å². The Morgan fingerprint density at radius 1 is 1.41 bits per heavy atom. The van der Waals surface area contributed by atoms with E-state index in [1.54, 1.807) is 0 Å². The number of likely N-dealkylation sites (tertiary alicyclic amines) is 1. The molecule has 5 nitrogen and oxygen atoms in total. The highest BCUT2D eigenvalue weighted by Gasteiger charge is 2.43. The van der Waals surface area contributed by atoms with Crippen molar-refractivity contribution in [1.29, 1.82) is 0 Å². The third-order valence-electron chi connectivity index (χ3n) is 4.15. The minimum Gasteiger partial charge on any atom is -0.424 e. The molecule has 0 spiro atoms. The maximum atomic E-state index is 5.48. The minimum atomic E-state index is 0.661. The summed E-state index contributed by atoms with van der Waals surface area (Å²) in [4.78, 5) is 2.52. The van der Waals surface area contributed by atoms with Crippen LogP contribution in [0.15, 0.2) is 4.42 Å².